The van der Waals surface area contributed by atoms with Gasteiger partial charge >= 0.3 is 6.16 Å². The van der Waals surface area contributed by atoms with E-state index < -0.39 is 36.9 Å². The topological polar surface area (TPSA) is 73.9 Å². The fourth-order valence-electron chi connectivity index (χ4n) is 2.10. The van der Waals surface area contributed by atoms with E-state index in [1.54, 1.807) is 6.92 Å². The Bertz CT molecular complexity index is 636. The third-order valence-electron chi connectivity index (χ3n) is 4.90. The molecule has 13 heteroatoms. The van der Waals surface area contributed by atoms with E-state index >= 15 is 0 Å². The van der Waals surface area contributed by atoms with E-state index in [9.17, 15) is 9.59 Å². The van der Waals surface area contributed by atoms with E-state index in [0.29, 0.717) is 10.1 Å². The van der Waals surface area contributed by atoms with E-state index in [0.717, 1.165) is 5.75 Å². The fourth-order valence-corrected chi connectivity index (χ4v) is 6.07. The summed E-state index contributed by atoms with van der Waals surface area (Å²) in [4.78, 5) is 22.6. The summed E-state index contributed by atoms with van der Waals surface area (Å²) in [5.74, 6) is -0.0463. The van der Waals surface area contributed by atoms with Gasteiger partial charge in [-0.1, -0.05) is 79.6 Å². The molecule has 2 unspecified atom stereocenters. The SMILES string of the molecule is CC(OC(=O)OC(Cl)C(Cl)Cl)[C@H]1C(=O)N[C@@H]1SC(=S)SCCO[Si](C)(C)C(C)(C)C. The predicted molar refractivity (Wildman–Crippen MR) is 133 cm³/mol. The van der Waals surface area contributed by atoms with Crippen molar-refractivity contribution in [3.63, 3.8) is 0 Å². The quantitative estimate of drug-likeness (QED) is 0.0962. The number of ether oxygens (including phenoxy) is 2. The summed E-state index contributed by atoms with van der Waals surface area (Å²) in [5, 5.41) is 2.64. The molecule has 1 aliphatic heterocycles. The molecule has 0 aromatic rings. The van der Waals surface area contributed by atoms with Gasteiger partial charge in [-0.15, -0.1) is 11.8 Å². The second-order valence-corrected chi connectivity index (χ2v) is 18.0. The standard InChI is InChI=1S/C17H28Cl3NO5S3Si/c1-9(25-15(23)26-12(20)11(18)19)10-13(22)21-14(10)29-16(27)28-8-7-24-30(5,6)17(2,3)4/h9-12,14H,7-8H2,1-6H3,(H,21,22)/t9?,10-,12?,14+/m0/s1. The number of hydrogen-bond acceptors (Lipinski definition) is 8. The van der Waals surface area contributed by atoms with Crippen LogP contribution in [0, 0.1) is 5.92 Å². The van der Waals surface area contributed by atoms with Crippen LogP contribution in [0.25, 0.3) is 0 Å². The molecule has 0 saturated carbocycles. The van der Waals surface area contributed by atoms with Gasteiger partial charge in [-0.05, 0) is 25.1 Å². The summed E-state index contributed by atoms with van der Waals surface area (Å²) in [6.07, 6.45) is -1.77. The molecule has 1 heterocycles. The first-order valence-corrected chi connectivity index (χ1v) is 15.7. The van der Waals surface area contributed by atoms with Crippen molar-refractivity contribution in [3.8, 4) is 0 Å². The largest absolute Gasteiger partial charge is 0.510 e. The Balaban J connectivity index is 2.41. The van der Waals surface area contributed by atoms with Crippen molar-refractivity contribution >= 4 is 94.5 Å². The second kappa shape index (κ2) is 12.2. The molecule has 6 nitrogen and oxygen atoms in total. The zero-order valence-corrected chi connectivity index (χ0v) is 23.4. The van der Waals surface area contributed by atoms with E-state index in [-0.39, 0.29) is 16.3 Å². The molecule has 1 rings (SSSR count). The Labute approximate surface area is 208 Å². The summed E-state index contributed by atoms with van der Waals surface area (Å²) in [6, 6.07) is 0. The van der Waals surface area contributed by atoms with Crippen LogP contribution in [0.5, 0.6) is 0 Å². The van der Waals surface area contributed by atoms with Crippen LogP contribution >= 0.6 is 70.5 Å². The first-order valence-electron chi connectivity index (χ1n) is 9.23. The number of rotatable bonds is 9. The van der Waals surface area contributed by atoms with Crippen molar-refractivity contribution in [3.05, 3.63) is 0 Å². The lowest BCUT2D eigenvalue weighted by Crippen LogP contribution is -2.61. The van der Waals surface area contributed by atoms with Gasteiger partial charge in [0.2, 0.25) is 11.5 Å². The van der Waals surface area contributed by atoms with Gasteiger partial charge in [0, 0.05) is 12.4 Å². The maximum atomic E-state index is 12.0. The molecule has 0 spiro atoms. The highest BCUT2D eigenvalue weighted by atomic mass is 35.5. The number of carbonyl (C=O) groups is 2. The van der Waals surface area contributed by atoms with Gasteiger partial charge in [0.1, 0.15) is 15.6 Å². The number of carbonyl (C=O) groups excluding carboxylic acids is 2. The van der Waals surface area contributed by atoms with Crippen LogP contribution in [0.4, 0.5) is 4.79 Å². The second-order valence-electron chi connectivity index (χ2n) is 8.16. The van der Waals surface area contributed by atoms with Crippen molar-refractivity contribution < 1.29 is 23.5 Å². The van der Waals surface area contributed by atoms with E-state index in [4.69, 9.17) is 60.9 Å². The summed E-state index contributed by atoms with van der Waals surface area (Å²) < 4.78 is 16.7. The van der Waals surface area contributed by atoms with Crippen LogP contribution < -0.4 is 5.32 Å². The molecule has 1 aliphatic rings. The molecule has 0 radical (unpaired) electrons. The summed E-state index contributed by atoms with van der Waals surface area (Å²) >= 11 is 25.0. The molecule has 1 N–H and O–H groups in total. The molecule has 1 amide bonds. The van der Waals surface area contributed by atoms with Crippen LogP contribution in [-0.4, -0.2) is 58.1 Å². The number of thiocarbonyl (C=S) groups is 1. The van der Waals surface area contributed by atoms with Gasteiger partial charge < -0.3 is 19.2 Å². The maximum Gasteiger partial charge on any atom is 0.510 e. The van der Waals surface area contributed by atoms with Gasteiger partial charge in [0.15, 0.2) is 13.2 Å². The van der Waals surface area contributed by atoms with Crippen molar-refractivity contribution in [2.75, 3.05) is 12.4 Å². The smallest absolute Gasteiger partial charge is 0.430 e. The summed E-state index contributed by atoms with van der Waals surface area (Å²) in [5.41, 5.74) is -1.24. The molecule has 4 atom stereocenters. The van der Waals surface area contributed by atoms with E-state index in [1.165, 1.54) is 23.5 Å². The van der Waals surface area contributed by atoms with Gasteiger partial charge in [0.25, 0.3) is 0 Å². The Hall–Kier alpha value is 0.577. The van der Waals surface area contributed by atoms with Gasteiger partial charge in [0.05, 0.1) is 5.37 Å². The van der Waals surface area contributed by atoms with Crippen LogP contribution in [0.1, 0.15) is 27.7 Å². The lowest BCUT2D eigenvalue weighted by molar-refractivity contribution is -0.137. The predicted octanol–water partition coefficient (Wildman–Crippen LogP) is 5.74. The average Bonchev–Trinajstić information content (AvgIpc) is 2.56. The van der Waals surface area contributed by atoms with E-state index in [1.807, 2.05) is 0 Å². The number of halogens is 3. The minimum Gasteiger partial charge on any atom is -0.430 e. The number of nitrogens with one attached hydrogen (secondary N) is 1. The molecular weight excluding hydrogens is 529 g/mol. The number of β-lactam (4-membered cyclic amide) rings is 1. The van der Waals surface area contributed by atoms with Crippen molar-refractivity contribution in [1.29, 1.82) is 0 Å². The number of hydrogen-bond donors (Lipinski definition) is 1. The third kappa shape index (κ3) is 8.84. The molecule has 1 saturated heterocycles. The highest BCUT2D eigenvalue weighted by Gasteiger charge is 2.46. The third-order valence-corrected chi connectivity index (χ3v) is 13.2. The van der Waals surface area contributed by atoms with Crippen LogP contribution in [-0.2, 0) is 18.7 Å². The zero-order chi connectivity index (χ0) is 23.3. The van der Waals surface area contributed by atoms with Crippen LogP contribution in [0.2, 0.25) is 18.1 Å². The molecule has 0 aliphatic carbocycles. The minimum absolute atomic E-state index is 0.158. The molecule has 1 fully saturated rings. The van der Waals surface area contributed by atoms with Crippen LogP contribution in [0.15, 0.2) is 0 Å². The van der Waals surface area contributed by atoms with Crippen molar-refractivity contribution in [1.82, 2.24) is 5.32 Å². The lowest BCUT2D eigenvalue weighted by Gasteiger charge is -2.39. The fraction of sp³-hybridized carbons (Fsp3) is 0.824. The normalized spacial score (nSPS) is 21.5. The molecule has 0 aromatic heterocycles. The number of alkyl halides is 3. The maximum absolute atomic E-state index is 12.0. The molecule has 30 heavy (non-hydrogen) atoms. The monoisotopic (exact) mass is 555 g/mol. The summed E-state index contributed by atoms with van der Waals surface area (Å²) in [7, 11) is -1.78. The molecule has 174 valence electrons. The van der Waals surface area contributed by atoms with Gasteiger partial charge in [-0.2, -0.15) is 0 Å². The molecule has 0 aromatic carbocycles. The number of amides is 1. The Kier molecular flexibility index (Phi) is 11.6. The van der Waals surface area contributed by atoms with Gasteiger partial charge in [-0.3, -0.25) is 4.79 Å². The first kappa shape index (κ1) is 28.6. The Morgan fingerprint density at radius 2 is 1.87 bits per heavy atom. The first-order chi connectivity index (χ1) is 13.7. The molecule has 0 bridgehead atoms. The number of thioether (sulfide) groups is 2. The Morgan fingerprint density at radius 3 is 2.37 bits per heavy atom. The lowest BCUT2D eigenvalue weighted by atomic mass is 9.96. The Morgan fingerprint density at radius 1 is 1.27 bits per heavy atom. The van der Waals surface area contributed by atoms with Gasteiger partial charge in [-0.25, -0.2) is 4.79 Å². The minimum atomic E-state index is -1.78. The van der Waals surface area contributed by atoms with Crippen molar-refractivity contribution in [2.24, 2.45) is 5.92 Å². The summed E-state index contributed by atoms with van der Waals surface area (Å²) in [6.45, 7) is 13.2. The van der Waals surface area contributed by atoms with Crippen LogP contribution in [0.3, 0.4) is 0 Å². The highest BCUT2D eigenvalue weighted by molar-refractivity contribution is 8.47. The molecular formula is C17H28Cl3NO5S3Si. The van der Waals surface area contributed by atoms with Crippen molar-refractivity contribution in [2.45, 2.75) is 67.7 Å². The average molecular weight is 557 g/mol. The van der Waals surface area contributed by atoms with E-state index in [2.05, 4.69) is 39.2 Å². The zero-order valence-electron chi connectivity index (χ0n) is 17.7. The highest BCUT2D eigenvalue weighted by Crippen LogP contribution is 2.37.